The molecule has 156 valence electrons. The standard InChI is InChI=1S/C24H18FNO5/c1-30-23(28)19-4-2-3-5-20(19)26-22(27)15-8-11-18-16(12-15)13-21(31-24(18)29)14-6-9-17(25)10-7-14/h2-12,21H,13H2,1H3,(H,26,27)/t21-/m0/s1. The number of methoxy groups -OCH3 is 1. The molecule has 0 unspecified atom stereocenters. The van der Waals surface area contributed by atoms with Gasteiger partial charge in [-0.15, -0.1) is 0 Å². The lowest BCUT2D eigenvalue weighted by Gasteiger charge is -2.25. The third kappa shape index (κ3) is 4.16. The molecule has 0 aliphatic carbocycles. The molecule has 7 heteroatoms. The van der Waals surface area contributed by atoms with Gasteiger partial charge in [-0.3, -0.25) is 4.79 Å². The predicted octanol–water partition coefficient (Wildman–Crippen LogP) is 4.32. The Kier molecular flexibility index (Phi) is 5.49. The van der Waals surface area contributed by atoms with Crippen molar-refractivity contribution in [2.45, 2.75) is 12.5 Å². The van der Waals surface area contributed by atoms with Crippen molar-refractivity contribution in [2.24, 2.45) is 0 Å². The number of carbonyl (C=O) groups is 3. The summed E-state index contributed by atoms with van der Waals surface area (Å²) in [5.74, 6) is -1.88. The van der Waals surface area contributed by atoms with E-state index in [2.05, 4.69) is 5.32 Å². The van der Waals surface area contributed by atoms with Gasteiger partial charge in [0.05, 0.1) is 23.9 Å². The van der Waals surface area contributed by atoms with Crippen molar-refractivity contribution in [3.8, 4) is 0 Å². The quantitative estimate of drug-likeness (QED) is 0.637. The topological polar surface area (TPSA) is 81.7 Å². The van der Waals surface area contributed by atoms with Crippen molar-refractivity contribution < 1.29 is 28.2 Å². The number of para-hydroxylation sites is 1. The Bertz CT molecular complexity index is 1170. The summed E-state index contributed by atoms with van der Waals surface area (Å²) in [6.07, 6.45) is -0.217. The van der Waals surface area contributed by atoms with E-state index in [9.17, 15) is 18.8 Å². The fourth-order valence-corrected chi connectivity index (χ4v) is 3.47. The van der Waals surface area contributed by atoms with Gasteiger partial charge >= 0.3 is 11.9 Å². The van der Waals surface area contributed by atoms with Crippen LogP contribution in [0.3, 0.4) is 0 Å². The number of ether oxygens (including phenoxy) is 2. The van der Waals surface area contributed by atoms with E-state index in [0.717, 1.165) is 0 Å². The van der Waals surface area contributed by atoms with Gasteiger partial charge in [0.15, 0.2) is 0 Å². The lowest BCUT2D eigenvalue weighted by molar-refractivity contribution is 0.0252. The molecule has 0 saturated heterocycles. The van der Waals surface area contributed by atoms with Crippen LogP contribution in [0.15, 0.2) is 66.7 Å². The van der Waals surface area contributed by atoms with E-state index in [-0.39, 0.29) is 11.4 Å². The molecule has 1 atom stereocenters. The first kappa shape index (κ1) is 20.3. The van der Waals surface area contributed by atoms with E-state index in [1.54, 1.807) is 48.5 Å². The zero-order valence-electron chi connectivity index (χ0n) is 16.6. The van der Waals surface area contributed by atoms with Gasteiger partial charge in [-0.25, -0.2) is 14.0 Å². The molecular formula is C24H18FNO5. The molecule has 0 fully saturated rings. The molecule has 0 saturated carbocycles. The van der Waals surface area contributed by atoms with E-state index in [1.165, 1.54) is 25.3 Å². The largest absolute Gasteiger partial charge is 0.465 e. The van der Waals surface area contributed by atoms with Crippen LogP contribution in [0.2, 0.25) is 0 Å². The van der Waals surface area contributed by atoms with Crippen LogP contribution in [-0.2, 0) is 15.9 Å². The van der Waals surface area contributed by atoms with Crippen LogP contribution < -0.4 is 5.32 Å². The van der Waals surface area contributed by atoms with E-state index in [4.69, 9.17) is 9.47 Å². The molecule has 4 rings (SSSR count). The average Bonchev–Trinajstić information content (AvgIpc) is 2.79. The summed E-state index contributed by atoms with van der Waals surface area (Å²) < 4.78 is 23.4. The number of hydrogen-bond acceptors (Lipinski definition) is 5. The number of amides is 1. The molecule has 0 spiro atoms. The van der Waals surface area contributed by atoms with Crippen LogP contribution in [0.25, 0.3) is 0 Å². The van der Waals surface area contributed by atoms with Gasteiger partial charge in [-0.05, 0) is 53.6 Å². The summed E-state index contributed by atoms with van der Waals surface area (Å²) in [5.41, 5.74) is 2.58. The highest BCUT2D eigenvalue weighted by Crippen LogP contribution is 2.31. The predicted molar refractivity (Wildman–Crippen MR) is 110 cm³/mol. The highest BCUT2D eigenvalue weighted by Gasteiger charge is 2.28. The Morgan fingerprint density at radius 3 is 2.55 bits per heavy atom. The number of anilines is 1. The second-order valence-electron chi connectivity index (χ2n) is 7.01. The van der Waals surface area contributed by atoms with Gasteiger partial charge in [0.1, 0.15) is 11.9 Å². The number of fused-ring (bicyclic) bond motifs is 1. The lowest BCUT2D eigenvalue weighted by atomic mass is 9.93. The monoisotopic (exact) mass is 419 g/mol. The van der Waals surface area contributed by atoms with E-state index in [0.29, 0.717) is 34.4 Å². The zero-order valence-corrected chi connectivity index (χ0v) is 16.6. The highest BCUT2D eigenvalue weighted by molar-refractivity contribution is 6.08. The van der Waals surface area contributed by atoms with Gasteiger partial charge in [0, 0.05) is 12.0 Å². The van der Waals surface area contributed by atoms with Crippen LogP contribution in [0.4, 0.5) is 10.1 Å². The number of carbonyl (C=O) groups excluding carboxylic acids is 3. The Labute approximate surface area is 177 Å². The summed E-state index contributed by atoms with van der Waals surface area (Å²) in [7, 11) is 1.26. The van der Waals surface area contributed by atoms with E-state index >= 15 is 0 Å². The second-order valence-corrected chi connectivity index (χ2v) is 7.01. The molecule has 3 aromatic carbocycles. The van der Waals surface area contributed by atoms with E-state index < -0.39 is 23.9 Å². The average molecular weight is 419 g/mol. The summed E-state index contributed by atoms with van der Waals surface area (Å²) in [6.45, 7) is 0. The molecule has 6 nitrogen and oxygen atoms in total. The van der Waals surface area contributed by atoms with Gasteiger partial charge in [-0.2, -0.15) is 0 Å². The van der Waals surface area contributed by atoms with Crippen LogP contribution >= 0.6 is 0 Å². The zero-order chi connectivity index (χ0) is 22.0. The number of nitrogens with one attached hydrogen (secondary N) is 1. The second kappa shape index (κ2) is 8.39. The normalized spacial score (nSPS) is 14.9. The fourth-order valence-electron chi connectivity index (χ4n) is 3.47. The van der Waals surface area contributed by atoms with Gasteiger partial charge < -0.3 is 14.8 Å². The maximum absolute atomic E-state index is 13.2. The SMILES string of the molecule is COC(=O)c1ccccc1NC(=O)c1ccc2c(c1)C[C@@H](c1ccc(F)cc1)OC2=O. The van der Waals surface area contributed by atoms with Crippen molar-refractivity contribution in [3.63, 3.8) is 0 Å². The van der Waals surface area contributed by atoms with Crippen molar-refractivity contribution in [2.75, 3.05) is 12.4 Å². The molecule has 1 heterocycles. The smallest absolute Gasteiger partial charge is 0.339 e. The minimum Gasteiger partial charge on any atom is -0.465 e. The molecule has 1 N–H and O–H groups in total. The van der Waals surface area contributed by atoms with Crippen molar-refractivity contribution >= 4 is 23.5 Å². The Morgan fingerprint density at radius 2 is 1.81 bits per heavy atom. The molecule has 1 amide bonds. The first-order valence-corrected chi connectivity index (χ1v) is 9.54. The van der Waals surface area contributed by atoms with Crippen LogP contribution in [0.1, 0.15) is 48.3 Å². The Morgan fingerprint density at radius 1 is 1.06 bits per heavy atom. The van der Waals surface area contributed by atoms with Crippen LogP contribution in [-0.4, -0.2) is 25.0 Å². The molecule has 3 aromatic rings. The fraction of sp³-hybridized carbons (Fsp3) is 0.125. The number of rotatable bonds is 4. The molecule has 1 aliphatic heterocycles. The Balaban J connectivity index is 1.59. The van der Waals surface area contributed by atoms with Crippen LogP contribution in [0, 0.1) is 5.82 Å². The van der Waals surface area contributed by atoms with Crippen molar-refractivity contribution in [3.05, 3.63) is 100 Å². The minimum atomic E-state index is -0.570. The lowest BCUT2D eigenvalue weighted by Crippen LogP contribution is -2.23. The van der Waals surface area contributed by atoms with Gasteiger partial charge in [0.2, 0.25) is 0 Å². The number of benzene rings is 3. The molecule has 31 heavy (non-hydrogen) atoms. The number of halogens is 1. The van der Waals surface area contributed by atoms with Crippen LogP contribution in [0.5, 0.6) is 0 Å². The number of hydrogen-bond donors (Lipinski definition) is 1. The molecule has 0 radical (unpaired) electrons. The maximum Gasteiger partial charge on any atom is 0.339 e. The minimum absolute atomic E-state index is 0.233. The number of esters is 2. The molecular weight excluding hydrogens is 401 g/mol. The van der Waals surface area contributed by atoms with Gasteiger partial charge in [-0.1, -0.05) is 24.3 Å². The first-order chi connectivity index (χ1) is 15.0. The summed E-state index contributed by atoms with van der Waals surface area (Å²) in [4.78, 5) is 37.1. The molecule has 0 bridgehead atoms. The number of cyclic esters (lactones) is 1. The van der Waals surface area contributed by atoms with Crippen molar-refractivity contribution in [1.82, 2.24) is 0 Å². The van der Waals surface area contributed by atoms with Crippen molar-refractivity contribution in [1.29, 1.82) is 0 Å². The Hall–Kier alpha value is -4.00. The molecule has 0 aromatic heterocycles. The van der Waals surface area contributed by atoms with Gasteiger partial charge in [0.25, 0.3) is 5.91 Å². The van der Waals surface area contributed by atoms with E-state index in [1.807, 2.05) is 0 Å². The molecule has 1 aliphatic rings. The maximum atomic E-state index is 13.2. The summed E-state index contributed by atoms with van der Waals surface area (Å²) in [6, 6.07) is 17.0. The summed E-state index contributed by atoms with van der Waals surface area (Å²) in [5, 5.41) is 2.71. The highest BCUT2D eigenvalue weighted by atomic mass is 19.1. The third-order valence-electron chi connectivity index (χ3n) is 5.06. The summed E-state index contributed by atoms with van der Waals surface area (Å²) >= 11 is 0. The third-order valence-corrected chi connectivity index (χ3v) is 5.06. The first-order valence-electron chi connectivity index (χ1n) is 9.54.